The third-order valence-electron chi connectivity index (χ3n) is 5.63. The topological polar surface area (TPSA) is 70.2 Å². The fraction of sp³-hybridized carbons (Fsp3) is 0.650. The first-order chi connectivity index (χ1) is 13.4. The molecule has 0 aromatic heterocycles. The molecule has 0 saturated carbocycles. The van der Waals surface area contributed by atoms with E-state index in [1.165, 1.54) is 16.1 Å². The van der Waals surface area contributed by atoms with E-state index < -0.39 is 16.1 Å². The Balaban J connectivity index is 1.60. The Labute approximate surface area is 168 Å². The van der Waals surface area contributed by atoms with Crippen molar-refractivity contribution >= 4 is 15.9 Å². The minimum absolute atomic E-state index is 0.0311. The van der Waals surface area contributed by atoms with Crippen LogP contribution in [0.2, 0.25) is 0 Å². The van der Waals surface area contributed by atoms with Crippen LogP contribution in [-0.2, 0) is 21.4 Å². The number of nitrogens with zero attached hydrogens (tertiary/aromatic N) is 3. The highest BCUT2D eigenvalue weighted by Crippen LogP contribution is 2.22. The highest BCUT2D eigenvalue weighted by atomic mass is 32.2. The Morgan fingerprint density at radius 2 is 1.79 bits per heavy atom. The molecule has 2 aliphatic rings. The molecule has 1 unspecified atom stereocenters. The van der Waals surface area contributed by atoms with Crippen LogP contribution in [0.5, 0.6) is 5.75 Å². The Hall–Kier alpha value is -1.64. The maximum absolute atomic E-state index is 13.1. The third kappa shape index (κ3) is 5.24. The molecular formula is C20H31N3O4S. The molecule has 1 aromatic rings. The number of benzene rings is 1. The summed E-state index contributed by atoms with van der Waals surface area (Å²) in [5.74, 6) is 0.815. The Morgan fingerprint density at radius 3 is 2.46 bits per heavy atom. The monoisotopic (exact) mass is 409 g/mol. The maximum Gasteiger partial charge on any atom is 0.241 e. The van der Waals surface area contributed by atoms with Gasteiger partial charge in [-0.2, -0.15) is 4.31 Å². The molecule has 3 rings (SSSR count). The molecule has 1 atom stereocenters. The number of carbonyl (C=O) groups excluding carboxylic acids is 1. The second-order valence-corrected chi connectivity index (χ2v) is 9.62. The zero-order valence-electron chi connectivity index (χ0n) is 16.8. The minimum atomic E-state index is -3.36. The molecule has 156 valence electrons. The molecular weight excluding hydrogens is 378 g/mol. The summed E-state index contributed by atoms with van der Waals surface area (Å²) in [5.41, 5.74) is 1.22. The second kappa shape index (κ2) is 9.24. The van der Waals surface area contributed by atoms with Gasteiger partial charge >= 0.3 is 0 Å². The molecule has 2 heterocycles. The fourth-order valence-electron chi connectivity index (χ4n) is 4.10. The van der Waals surface area contributed by atoms with Crippen LogP contribution in [0.4, 0.5) is 0 Å². The van der Waals surface area contributed by atoms with Gasteiger partial charge in [0.05, 0.1) is 13.4 Å². The van der Waals surface area contributed by atoms with E-state index in [-0.39, 0.29) is 5.91 Å². The largest absolute Gasteiger partial charge is 0.497 e. The molecule has 2 saturated heterocycles. The molecule has 2 fully saturated rings. The number of hydrogen-bond acceptors (Lipinski definition) is 5. The Bertz CT molecular complexity index is 766. The molecule has 0 radical (unpaired) electrons. The van der Waals surface area contributed by atoms with E-state index in [9.17, 15) is 13.2 Å². The SMILES string of the molecule is COc1ccc(CN2CCCN(C(=O)C3CCCCN3S(C)(=O)=O)CC2)cc1. The second-order valence-electron chi connectivity index (χ2n) is 7.69. The van der Waals surface area contributed by atoms with Crippen LogP contribution in [0.15, 0.2) is 24.3 Å². The van der Waals surface area contributed by atoms with Crippen LogP contribution in [0, 0.1) is 0 Å². The first-order valence-corrected chi connectivity index (χ1v) is 11.8. The zero-order valence-corrected chi connectivity index (χ0v) is 17.7. The normalized spacial score (nSPS) is 22.6. The van der Waals surface area contributed by atoms with Gasteiger partial charge in [0.15, 0.2) is 0 Å². The van der Waals surface area contributed by atoms with Gasteiger partial charge in [0.25, 0.3) is 0 Å². The van der Waals surface area contributed by atoms with Crippen LogP contribution in [-0.4, -0.2) is 80.6 Å². The minimum Gasteiger partial charge on any atom is -0.497 e. The predicted octanol–water partition coefficient (Wildman–Crippen LogP) is 1.54. The number of methoxy groups -OCH3 is 1. The fourth-order valence-corrected chi connectivity index (χ4v) is 5.22. The first-order valence-electron chi connectivity index (χ1n) is 9.99. The summed E-state index contributed by atoms with van der Waals surface area (Å²) in [4.78, 5) is 17.3. The van der Waals surface area contributed by atoms with Gasteiger partial charge in [-0.15, -0.1) is 0 Å². The zero-order chi connectivity index (χ0) is 20.1. The highest BCUT2D eigenvalue weighted by molar-refractivity contribution is 7.88. The molecule has 8 heteroatoms. The summed E-state index contributed by atoms with van der Waals surface area (Å²) in [6, 6.07) is 7.53. The summed E-state index contributed by atoms with van der Waals surface area (Å²) < 4.78 is 30.8. The van der Waals surface area contributed by atoms with Crippen molar-refractivity contribution in [3.8, 4) is 5.75 Å². The lowest BCUT2D eigenvalue weighted by molar-refractivity contribution is -0.136. The van der Waals surface area contributed by atoms with Crippen molar-refractivity contribution in [1.29, 1.82) is 0 Å². The molecule has 28 heavy (non-hydrogen) atoms. The van der Waals surface area contributed by atoms with Crippen LogP contribution in [0.3, 0.4) is 0 Å². The molecule has 0 aliphatic carbocycles. The van der Waals surface area contributed by atoms with Crippen molar-refractivity contribution in [2.75, 3.05) is 46.1 Å². The average molecular weight is 410 g/mol. The van der Waals surface area contributed by atoms with Gasteiger partial charge in [-0.1, -0.05) is 18.6 Å². The molecule has 0 spiro atoms. The molecule has 2 aliphatic heterocycles. The van der Waals surface area contributed by atoms with Crippen LogP contribution >= 0.6 is 0 Å². The number of hydrogen-bond donors (Lipinski definition) is 0. The summed E-state index contributed by atoms with van der Waals surface area (Å²) >= 11 is 0. The Morgan fingerprint density at radius 1 is 1.04 bits per heavy atom. The number of amides is 1. The van der Waals surface area contributed by atoms with Gasteiger partial charge in [-0.3, -0.25) is 9.69 Å². The first kappa shape index (κ1) is 21.1. The lowest BCUT2D eigenvalue weighted by Crippen LogP contribution is -2.53. The summed E-state index contributed by atoms with van der Waals surface area (Å²) in [7, 11) is -1.70. The molecule has 0 N–H and O–H groups in total. The van der Waals surface area contributed by atoms with Gasteiger partial charge in [0, 0.05) is 39.3 Å². The third-order valence-corrected chi connectivity index (χ3v) is 6.92. The van der Waals surface area contributed by atoms with Gasteiger partial charge in [-0.25, -0.2) is 8.42 Å². The van der Waals surface area contributed by atoms with E-state index in [0.29, 0.717) is 26.1 Å². The van der Waals surface area contributed by atoms with Crippen molar-refractivity contribution in [2.45, 2.75) is 38.3 Å². The van der Waals surface area contributed by atoms with E-state index in [1.54, 1.807) is 7.11 Å². The highest BCUT2D eigenvalue weighted by Gasteiger charge is 2.37. The van der Waals surface area contributed by atoms with E-state index in [0.717, 1.165) is 44.6 Å². The lowest BCUT2D eigenvalue weighted by Gasteiger charge is -2.35. The predicted molar refractivity (Wildman–Crippen MR) is 109 cm³/mol. The molecule has 1 amide bonds. The maximum atomic E-state index is 13.1. The van der Waals surface area contributed by atoms with E-state index >= 15 is 0 Å². The van der Waals surface area contributed by atoms with Gasteiger partial charge in [-0.05, 0) is 37.0 Å². The van der Waals surface area contributed by atoms with Crippen LogP contribution < -0.4 is 4.74 Å². The smallest absolute Gasteiger partial charge is 0.241 e. The van der Waals surface area contributed by atoms with Crippen molar-refractivity contribution in [1.82, 2.24) is 14.1 Å². The van der Waals surface area contributed by atoms with Gasteiger partial charge in [0.1, 0.15) is 11.8 Å². The number of rotatable bonds is 5. The molecule has 0 bridgehead atoms. The van der Waals surface area contributed by atoms with E-state index in [1.807, 2.05) is 17.0 Å². The molecule has 1 aromatic carbocycles. The van der Waals surface area contributed by atoms with Gasteiger partial charge < -0.3 is 9.64 Å². The summed E-state index contributed by atoms with van der Waals surface area (Å²) in [5, 5.41) is 0. The van der Waals surface area contributed by atoms with Crippen molar-refractivity contribution in [3.63, 3.8) is 0 Å². The summed E-state index contributed by atoms with van der Waals surface area (Å²) in [6.45, 7) is 4.34. The van der Waals surface area contributed by atoms with Gasteiger partial charge in [0.2, 0.25) is 15.9 Å². The number of sulfonamides is 1. The van der Waals surface area contributed by atoms with Crippen molar-refractivity contribution in [3.05, 3.63) is 29.8 Å². The molecule has 7 nitrogen and oxygen atoms in total. The Kier molecular flexibility index (Phi) is 6.95. The number of ether oxygens (including phenoxy) is 1. The van der Waals surface area contributed by atoms with E-state index in [2.05, 4.69) is 17.0 Å². The van der Waals surface area contributed by atoms with E-state index in [4.69, 9.17) is 4.74 Å². The van der Waals surface area contributed by atoms with Crippen molar-refractivity contribution < 1.29 is 17.9 Å². The van der Waals surface area contributed by atoms with Crippen molar-refractivity contribution in [2.24, 2.45) is 0 Å². The van der Waals surface area contributed by atoms with Crippen LogP contribution in [0.1, 0.15) is 31.2 Å². The average Bonchev–Trinajstić information content (AvgIpc) is 2.93. The number of carbonyl (C=O) groups is 1. The lowest BCUT2D eigenvalue weighted by atomic mass is 10.0. The standard InChI is InChI=1S/C20H31N3O4S/c1-27-18-9-7-17(8-10-18)16-21-11-5-12-22(15-14-21)20(24)19-6-3-4-13-23(19)28(2,25)26/h7-10,19H,3-6,11-16H2,1-2H3. The number of piperidine rings is 1. The van der Waals surface area contributed by atoms with Crippen LogP contribution in [0.25, 0.3) is 0 Å². The summed E-state index contributed by atoms with van der Waals surface area (Å²) in [6.07, 6.45) is 4.45. The quantitative estimate of drug-likeness (QED) is 0.738.